The van der Waals surface area contributed by atoms with E-state index in [2.05, 4.69) is 4.74 Å². The van der Waals surface area contributed by atoms with Crippen LogP contribution in [0.2, 0.25) is 0 Å². The summed E-state index contributed by atoms with van der Waals surface area (Å²) >= 11 is 0. The Balaban J connectivity index is 1.65. The molecule has 2 unspecified atom stereocenters. The van der Waals surface area contributed by atoms with Gasteiger partial charge in [0.1, 0.15) is 5.75 Å². The topological polar surface area (TPSA) is 70.0 Å². The van der Waals surface area contributed by atoms with Crippen molar-refractivity contribution in [2.45, 2.75) is 37.4 Å². The highest BCUT2D eigenvalue weighted by Crippen LogP contribution is 2.48. The van der Waals surface area contributed by atoms with Gasteiger partial charge in [0, 0.05) is 17.6 Å². The number of carbonyl (C=O) groups is 1. The van der Waals surface area contributed by atoms with Crippen molar-refractivity contribution in [2.24, 2.45) is 0 Å². The highest BCUT2D eigenvalue weighted by atomic mass is 19.4. The molecule has 0 amide bonds. The van der Waals surface area contributed by atoms with Crippen molar-refractivity contribution in [3.05, 3.63) is 119 Å². The summed E-state index contributed by atoms with van der Waals surface area (Å²) in [6.45, 7) is 1.01. The number of hydrogen-bond acceptors (Lipinski definition) is 4. The third-order valence-electron chi connectivity index (χ3n) is 7.83. The molecule has 5 rings (SSSR count). The van der Waals surface area contributed by atoms with Gasteiger partial charge in [-0.3, -0.25) is 0 Å². The molecule has 0 radical (unpaired) electrons. The number of halogens is 6. The Kier molecular flexibility index (Phi) is 8.11. The van der Waals surface area contributed by atoms with Gasteiger partial charge in [-0.25, -0.2) is 4.79 Å². The number of β-amino-alcohol motifs (C(OH)–C–C–N with tert-alkyl or cyclic N) is 1. The molecular weight excluding hydrogens is 588 g/mol. The van der Waals surface area contributed by atoms with Crippen LogP contribution in [0.3, 0.4) is 0 Å². The fourth-order valence-electron chi connectivity index (χ4n) is 5.93. The van der Waals surface area contributed by atoms with Crippen molar-refractivity contribution in [1.29, 1.82) is 0 Å². The average molecular weight is 616 g/mol. The summed E-state index contributed by atoms with van der Waals surface area (Å²) in [7, 11) is 0. The molecule has 1 aliphatic rings. The number of para-hydroxylation sites is 1. The van der Waals surface area contributed by atoms with Crippen LogP contribution in [0.1, 0.15) is 32.6 Å². The van der Waals surface area contributed by atoms with Crippen molar-refractivity contribution in [3.8, 4) is 16.9 Å². The Bertz CT molecular complexity index is 1690. The summed E-state index contributed by atoms with van der Waals surface area (Å²) in [4.78, 5) is 12.9. The van der Waals surface area contributed by atoms with Crippen molar-refractivity contribution in [1.82, 2.24) is 0 Å². The number of hydrogen-bond donors (Lipinski definition) is 2. The van der Waals surface area contributed by atoms with Gasteiger partial charge in [-0.05, 0) is 77.1 Å². The lowest BCUT2D eigenvalue weighted by atomic mass is 9.71. The summed E-state index contributed by atoms with van der Waals surface area (Å²) in [5, 5.41) is 19.4. The Morgan fingerprint density at radius 3 is 2.34 bits per heavy atom. The molecule has 1 aliphatic heterocycles. The SMILES string of the molecule is Cc1cc(C(=O)O)ccc1-c1cccc(C2(Cc3cccc(OC(F)(F)F)c3)CN(CC(O)C(F)(F)F)c3ccccc32)c1. The van der Waals surface area contributed by atoms with E-state index in [4.69, 9.17) is 0 Å². The summed E-state index contributed by atoms with van der Waals surface area (Å²) in [5.74, 6) is -1.50. The van der Waals surface area contributed by atoms with Gasteiger partial charge in [0.15, 0.2) is 6.10 Å². The number of ether oxygens (including phenoxy) is 1. The number of carboxylic acid groups (broad SMARTS) is 1. The summed E-state index contributed by atoms with van der Waals surface area (Å²) in [5.41, 5.74) is 3.45. The van der Waals surface area contributed by atoms with Crippen molar-refractivity contribution in [3.63, 3.8) is 0 Å². The number of aliphatic hydroxyl groups is 1. The molecule has 44 heavy (non-hydrogen) atoms. The first kappa shape index (κ1) is 30.9. The van der Waals surface area contributed by atoms with Crippen LogP contribution in [0.25, 0.3) is 11.1 Å². The van der Waals surface area contributed by atoms with Crippen LogP contribution in [-0.2, 0) is 11.8 Å². The zero-order chi connectivity index (χ0) is 31.9. The van der Waals surface area contributed by atoms with E-state index >= 15 is 0 Å². The van der Waals surface area contributed by atoms with Crippen molar-refractivity contribution >= 4 is 11.7 Å². The van der Waals surface area contributed by atoms with E-state index in [1.165, 1.54) is 35.2 Å². The second-order valence-electron chi connectivity index (χ2n) is 10.8. The number of aliphatic hydroxyl groups excluding tert-OH is 1. The van der Waals surface area contributed by atoms with Crippen LogP contribution in [0.4, 0.5) is 32.0 Å². The fourth-order valence-corrected chi connectivity index (χ4v) is 5.93. The molecule has 0 fully saturated rings. The second kappa shape index (κ2) is 11.5. The van der Waals surface area contributed by atoms with Gasteiger partial charge in [0.2, 0.25) is 0 Å². The van der Waals surface area contributed by atoms with Crippen molar-refractivity contribution in [2.75, 3.05) is 18.0 Å². The predicted octanol–water partition coefficient (Wildman–Crippen LogP) is 7.53. The lowest BCUT2D eigenvalue weighted by Crippen LogP contribution is -2.44. The van der Waals surface area contributed by atoms with E-state index < -0.39 is 42.3 Å². The molecular formula is C33H27F6NO4. The molecule has 0 bridgehead atoms. The number of carboxylic acids is 1. The molecule has 1 heterocycles. The van der Waals surface area contributed by atoms with E-state index in [9.17, 15) is 41.4 Å². The van der Waals surface area contributed by atoms with Gasteiger partial charge in [-0.1, -0.05) is 60.7 Å². The second-order valence-corrected chi connectivity index (χ2v) is 10.8. The minimum Gasteiger partial charge on any atom is -0.478 e. The maximum absolute atomic E-state index is 13.5. The lowest BCUT2D eigenvalue weighted by molar-refractivity contribution is -0.274. The fraction of sp³-hybridized carbons (Fsp3) is 0.242. The molecule has 2 N–H and O–H groups in total. The standard InChI is InChI=1S/C33H27F6NO4/c1-20-14-23(30(42)43)12-13-26(20)22-7-5-8-24(16-22)31(17-21-6-4-9-25(15-21)44-33(37,38)39)19-40(18-29(41)32(34,35)36)28-11-3-2-10-27(28)31/h2-16,29,41H,17-19H2,1H3,(H,42,43). The van der Waals surface area contributed by atoms with Crippen LogP contribution < -0.4 is 9.64 Å². The normalized spacial score (nSPS) is 17.3. The maximum atomic E-state index is 13.5. The summed E-state index contributed by atoms with van der Waals surface area (Å²) in [6.07, 6.45) is -12.3. The first-order valence-electron chi connectivity index (χ1n) is 13.5. The average Bonchev–Trinajstić information content (AvgIpc) is 3.25. The number of benzene rings is 4. The Morgan fingerprint density at radius 1 is 0.932 bits per heavy atom. The summed E-state index contributed by atoms with van der Waals surface area (Å²) < 4.78 is 83.6. The van der Waals surface area contributed by atoms with Crippen LogP contribution in [0, 0.1) is 6.92 Å². The quantitative estimate of drug-likeness (QED) is 0.201. The van der Waals surface area contributed by atoms with Crippen molar-refractivity contribution < 1.29 is 46.1 Å². The minimum atomic E-state index is -4.91. The minimum absolute atomic E-state index is 0.00969. The van der Waals surface area contributed by atoms with E-state index in [1.807, 2.05) is 12.1 Å². The highest BCUT2D eigenvalue weighted by molar-refractivity contribution is 5.89. The smallest absolute Gasteiger partial charge is 0.478 e. The highest BCUT2D eigenvalue weighted by Gasteiger charge is 2.47. The van der Waals surface area contributed by atoms with E-state index in [-0.39, 0.29) is 18.5 Å². The molecule has 4 aromatic carbocycles. The molecule has 5 nitrogen and oxygen atoms in total. The first-order chi connectivity index (χ1) is 20.7. The summed E-state index contributed by atoms with van der Waals surface area (Å²) in [6, 6.07) is 24.2. The van der Waals surface area contributed by atoms with Gasteiger partial charge < -0.3 is 19.8 Å². The molecule has 0 aromatic heterocycles. The number of alkyl halides is 6. The number of anilines is 1. The Labute approximate surface area is 248 Å². The molecule has 0 aliphatic carbocycles. The molecule has 230 valence electrons. The van der Waals surface area contributed by atoms with Crippen LogP contribution >= 0.6 is 0 Å². The number of aromatic carboxylic acids is 1. The third-order valence-corrected chi connectivity index (χ3v) is 7.83. The molecule has 2 atom stereocenters. The van der Waals surface area contributed by atoms with E-state index in [0.29, 0.717) is 27.9 Å². The molecule has 11 heteroatoms. The number of rotatable bonds is 8. The number of aryl methyl sites for hydroxylation is 1. The zero-order valence-corrected chi connectivity index (χ0v) is 23.3. The molecule has 4 aromatic rings. The first-order valence-corrected chi connectivity index (χ1v) is 13.5. The van der Waals surface area contributed by atoms with Gasteiger partial charge >= 0.3 is 18.5 Å². The van der Waals surface area contributed by atoms with Gasteiger partial charge in [0.05, 0.1) is 12.1 Å². The predicted molar refractivity (Wildman–Crippen MR) is 152 cm³/mol. The molecule has 0 saturated carbocycles. The lowest BCUT2D eigenvalue weighted by Gasteiger charge is -2.33. The zero-order valence-electron chi connectivity index (χ0n) is 23.3. The van der Waals surface area contributed by atoms with Crippen LogP contribution in [-0.4, -0.2) is 47.9 Å². The largest absolute Gasteiger partial charge is 0.573 e. The third kappa shape index (κ3) is 6.37. The van der Waals surface area contributed by atoms with Crippen LogP contribution in [0.15, 0.2) is 91.0 Å². The van der Waals surface area contributed by atoms with Gasteiger partial charge in [0.25, 0.3) is 0 Å². The van der Waals surface area contributed by atoms with Crippen LogP contribution in [0.5, 0.6) is 5.75 Å². The monoisotopic (exact) mass is 615 g/mol. The number of nitrogens with zero attached hydrogens (tertiary/aromatic N) is 1. The number of fused-ring (bicyclic) bond motifs is 1. The van der Waals surface area contributed by atoms with E-state index in [0.717, 1.165) is 11.1 Å². The van der Waals surface area contributed by atoms with Gasteiger partial charge in [-0.2, -0.15) is 13.2 Å². The maximum Gasteiger partial charge on any atom is 0.573 e. The molecule has 0 spiro atoms. The van der Waals surface area contributed by atoms with E-state index in [1.54, 1.807) is 55.5 Å². The Hall–Kier alpha value is -4.51. The van der Waals surface area contributed by atoms with Gasteiger partial charge in [-0.15, -0.1) is 13.2 Å². The Morgan fingerprint density at radius 2 is 1.66 bits per heavy atom. The molecule has 0 saturated heterocycles.